The van der Waals surface area contributed by atoms with Crippen LogP contribution in [-0.2, 0) is 0 Å². The van der Waals surface area contributed by atoms with Crippen LogP contribution in [0.5, 0.6) is 5.75 Å². The lowest BCUT2D eigenvalue weighted by Crippen LogP contribution is -2.13. The summed E-state index contributed by atoms with van der Waals surface area (Å²) in [7, 11) is 1.73. The molecule has 0 saturated carbocycles. The van der Waals surface area contributed by atoms with Crippen molar-refractivity contribution in [2.45, 2.75) is 33.1 Å². The fourth-order valence-corrected chi connectivity index (χ4v) is 2.43. The molecule has 0 radical (unpaired) electrons. The Kier molecular flexibility index (Phi) is 2.83. The van der Waals surface area contributed by atoms with Gasteiger partial charge in [-0.3, -0.25) is 0 Å². The molecule has 2 nitrogen and oxygen atoms in total. The van der Waals surface area contributed by atoms with E-state index in [-0.39, 0.29) is 0 Å². The van der Waals surface area contributed by atoms with Crippen molar-refractivity contribution in [2.24, 2.45) is 5.41 Å². The lowest BCUT2D eigenvalue weighted by molar-refractivity contribution is 0.348. The Morgan fingerprint density at radius 1 is 1.38 bits per heavy atom. The second kappa shape index (κ2) is 4.00. The lowest BCUT2D eigenvalue weighted by atomic mass is 9.82. The normalized spacial score (nSPS) is 19.1. The summed E-state index contributed by atoms with van der Waals surface area (Å²) in [5.41, 5.74) is 3.06. The van der Waals surface area contributed by atoms with E-state index in [1.807, 2.05) is 6.07 Å². The highest BCUT2D eigenvalue weighted by molar-refractivity contribution is 5.60. The Balaban J connectivity index is 2.24. The number of hydrogen-bond acceptors (Lipinski definition) is 2. The van der Waals surface area contributed by atoms with Crippen LogP contribution in [-0.4, -0.2) is 13.7 Å². The van der Waals surface area contributed by atoms with Crippen LogP contribution in [0.3, 0.4) is 0 Å². The third-order valence-electron chi connectivity index (χ3n) is 3.10. The predicted octanol–water partition coefficient (Wildman–Crippen LogP) is 3.64. The number of hydrogen-bond donors (Lipinski definition) is 1. The highest BCUT2D eigenvalue weighted by Gasteiger charge is 2.26. The van der Waals surface area contributed by atoms with E-state index in [1.165, 1.54) is 17.7 Å². The molecular formula is C14H21NO. The highest BCUT2D eigenvalue weighted by Crippen LogP contribution is 2.40. The maximum Gasteiger partial charge on any atom is 0.119 e. The van der Waals surface area contributed by atoms with E-state index < -0.39 is 0 Å². The molecule has 1 atom stereocenters. The van der Waals surface area contributed by atoms with Gasteiger partial charge < -0.3 is 10.1 Å². The first-order valence-electron chi connectivity index (χ1n) is 5.91. The molecule has 1 N–H and O–H groups in total. The smallest absolute Gasteiger partial charge is 0.119 e. The molecule has 1 aromatic carbocycles. The molecule has 1 aliphatic heterocycles. The van der Waals surface area contributed by atoms with Crippen molar-refractivity contribution in [2.75, 3.05) is 19.0 Å². The van der Waals surface area contributed by atoms with Gasteiger partial charge >= 0.3 is 0 Å². The van der Waals surface area contributed by atoms with Crippen molar-refractivity contribution in [1.82, 2.24) is 0 Å². The molecule has 16 heavy (non-hydrogen) atoms. The van der Waals surface area contributed by atoms with Crippen molar-refractivity contribution in [3.8, 4) is 5.75 Å². The summed E-state index contributed by atoms with van der Waals surface area (Å²) in [4.78, 5) is 0. The first-order valence-corrected chi connectivity index (χ1v) is 5.91. The molecule has 2 rings (SSSR count). The van der Waals surface area contributed by atoms with E-state index in [4.69, 9.17) is 4.74 Å². The van der Waals surface area contributed by atoms with E-state index in [9.17, 15) is 0 Å². The minimum Gasteiger partial charge on any atom is -0.497 e. The monoisotopic (exact) mass is 219 g/mol. The second-order valence-electron chi connectivity index (χ2n) is 5.80. The zero-order valence-corrected chi connectivity index (χ0v) is 10.6. The van der Waals surface area contributed by atoms with Crippen molar-refractivity contribution >= 4 is 5.69 Å². The third kappa shape index (κ3) is 2.31. The van der Waals surface area contributed by atoms with Gasteiger partial charge in [-0.1, -0.05) is 20.8 Å². The van der Waals surface area contributed by atoms with Gasteiger partial charge in [0.05, 0.1) is 7.11 Å². The molecular weight excluding hydrogens is 198 g/mol. The van der Waals surface area contributed by atoms with Gasteiger partial charge in [-0.25, -0.2) is 0 Å². The quantitative estimate of drug-likeness (QED) is 0.820. The summed E-state index contributed by atoms with van der Waals surface area (Å²) >= 11 is 0. The summed E-state index contributed by atoms with van der Waals surface area (Å²) in [5.74, 6) is 1.58. The average Bonchev–Trinajstić information content (AvgIpc) is 2.58. The van der Waals surface area contributed by atoms with Gasteiger partial charge in [-0.05, 0) is 35.6 Å². The summed E-state index contributed by atoms with van der Waals surface area (Å²) < 4.78 is 5.29. The Bertz CT molecular complexity index is 379. The number of anilines is 1. The highest BCUT2D eigenvalue weighted by atomic mass is 16.5. The van der Waals surface area contributed by atoms with Crippen LogP contribution in [0.4, 0.5) is 5.69 Å². The minimum absolute atomic E-state index is 0.372. The standard InChI is InChI=1S/C14H21NO/c1-14(2,3)8-10-9-15-13-6-5-11(16-4)7-12(10)13/h5-7,10,15H,8-9H2,1-4H3. The molecule has 88 valence electrons. The number of rotatable bonds is 2. The van der Waals surface area contributed by atoms with Crippen LogP contribution < -0.4 is 10.1 Å². The van der Waals surface area contributed by atoms with Gasteiger partial charge in [0, 0.05) is 18.2 Å². The topological polar surface area (TPSA) is 21.3 Å². The first kappa shape index (κ1) is 11.3. The molecule has 0 fully saturated rings. The number of ether oxygens (including phenoxy) is 1. The van der Waals surface area contributed by atoms with Crippen molar-refractivity contribution < 1.29 is 4.74 Å². The number of nitrogens with one attached hydrogen (secondary N) is 1. The molecule has 1 heterocycles. The van der Waals surface area contributed by atoms with Gasteiger partial charge in [-0.2, -0.15) is 0 Å². The first-order chi connectivity index (χ1) is 7.49. The molecule has 0 saturated heterocycles. The molecule has 0 amide bonds. The zero-order chi connectivity index (χ0) is 11.8. The second-order valence-corrected chi connectivity index (χ2v) is 5.80. The Labute approximate surface area is 98.0 Å². The van der Waals surface area contributed by atoms with E-state index in [0.717, 1.165) is 12.3 Å². The van der Waals surface area contributed by atoms with Crippen molar-refractivity contribution in [3.63, 3.8) is 0 Å². The maximum atomic E-state index is 5.29. The average molecular weight is 219 g/mol. The number of fused-ring (bicyclic) bond motifs is 1. The fraction of sp³-hybridized carbons (Fsp3) is 0.571. The summed E-state index contributed by atoms with van der Waals surface area (Å²) in [6.07, 6.45) is 1.21. The third-order valence-corrected chi connectivity index (χ3v) is 3.10. The molecule has 0 spiro atoms. The Morgan fingerprint density at radius 3 is 2.75 bits per heavy atom. The van der Waals surface area contributed by atoms with Gasteiger partial charge in [0.15, 0.2) is 0 Å². The Morgan fingerprint density at radius 2 is 2.12 bits per heavy atom. The molecule has 0 aliphatic carbocycles. The molecule has 1 aliphatic rings. The summed E-state index contributed by atoms with van der Waals surface area (Å²) in [6.45, 7) is 7.95. The van der Waals surface area contributed by atoms with E-state index in [0.29, 0.717) is 11.3 Å². The lowest BCUT2D eigenvalue weighted by Gasteiger charge is -2.23. The van der Waals surface area contributed by atoms with Crippen LogP contribution >= 0.6 is 0 Å². The van der Waals surface area contributed by atoms with Gasteiger partial charge in [0.2, 0.25) is 0 Å². The summed E-state index contributed by atoms with van der Waals surface area (Å²) in [6, 6.07) is 6.31. The molecule has 0 aromatic heterocycles. The molecule has 0 bridgehead atoms. The van der Waals surface area contributed by atoms with Crippen LogP contribution in [0.1, 0.15) is 38.7 Å². The number of methoxy groups -OCH3 is 1. The largest absolute Gasteiger partial charge is 0.497 e. The van der Waals surface area contributed by atoms with Crippen molar-refractivity contribution in [3.05, 3.63) is 23.8 Å². The van der Waals surface area contributed by atoms with E-state index >= 15 is 0 Å². The molecule has 2 heteroatoms. The fourth-order valence-electron chi connectivity index (χ4n) is 2.43. The van der Waals surface area contributed by atoms with E-state index in [2.05, 4.69) is 38.2 Å². The molecule has 1 aromatic rings. The Hall–Kier alpha value is -1.18. The number of benzene rings is 1. The van der Waals surface area contributed by atoms with Gasteiger partial charge in [0.1, 0.15) is 5.75 Å². The van der Waals surface area contributed by atoms with Crippen LogP contribution in [0.2, 0.25) is 0 Å². The molecule has 1 unspecified atom stereocenters. The minimum atomic E-state index is 0.372. The van der Waals surface area contributed by atoms with Crippen molar-refractivity contribution in [1.29, 1.82) is 0 Å². The predicted molar refractivity (Wildman–Crippen MR) is 68.3 cm³/mol. The van der Waals surface area contributed by atoms with Crippen LogP contribution in [0.25, 0.3) is 0 Å². The van der Waals surface area contributed by atoms with Crippen LogP contribution in [0, 0.1) is 5.41 Å². The van der Waals surface area contributed by atoms with Gasteiger partial charge in [-0.15, -0.1) is 0 Å². The maximum absolute atomic E-state index is 5.29. The zero-order valence-electron chi connectivity index (χ0n) is 10.6. The van der Waals surface area contributed by atoms with E-state index in [1.54, 1.807) is 7.11 Å². The van der Waals surface area contributed by atoms with Gasteiger partial charge in [0.25, 0.3) is 0 Å². The summed E-state index contributed by atoms with van der Waals surface area (Å²) in [5, 5.41) is 3.47. The van der Waals surface area contributed by atoms with Crippen LogP contribution in [0.15, 0.2) is 18.2 Å². The SMILES string of the molecule is COc1ccc2c(c1)C(CC(C)(C)C)CN2.